The fourth-order valence-electron chi connectivity index (χ4n) is 1.67. The fraction of sp³-hybridized carbons (Fsp3) is 0.0833. The van der Waals surface area contributed by atoms with Gasteiger partial charge in [0.1, 0.15) is 5.75 Å². The number of rotatable bonds is 1. The molecule has 0 bridgehead atoms. The molecule has 2 rings (SSSR count). The summed E-state index contributed by atoms with van der Waals surface area (Å²) in [5.74, 6) is 0.187. The van der Waals surface area contributed by atoms with Crippen LogP contribution in [0.5, 0.6) is 5.75 Å². The largest absolute Gasteiger partial charge is 0.506 e. The Bertz CT molecular complexity index is 500. The molecule has 0 saturated carbocycles. The quantitative estimate of drug-likeness (QED) is 0.781. The second kappa shape index (κ2) is 4.49. The van der Waals surface area contributed by atoms with Gasteiger partial charge in [-0.05, 0) is 35.2 Å². The lowest BCUT2D eigenvalue weighted by molar-refractivity contribution is 0.473. The van der Waals surface area contributed by atoms with Gasteiger partial charge in [-0.1, -0.05) is 12.1 Å². The van der Waals surface area contributed by atoms with E-state index in [1.807, 2.05) is 6.07 Å². The highest BCUT2D eigenvalue weighted by Crippen LogP contribution is 2.19. The van der Waals surface area contributed by atoms with Crippen molar-refractivity contribution in [3.8, 4) is 17.0 Å². The Balaban J connectivity index is 2.60. The van der Waals surface area contributed by atoms with Crippen LogP contribution in [0, 0.1) is 6.92 Å². The van der Waals surface area contributed by atoms with Crippen molar-refractivity contribution in [1.29, 1.82) is 0 Å². The molecule has 82 valence electrons. The molecule has 0 spiro atoms. The molecule has 2 aromatic rings. The van der Waals surface area contributed by atoms with E-state index in [9.17, 15) is 5.11 Å². The Morgan fingerprint density at radius 2 is 1.75 bits per heavy atom. The Labute approximate surface area is 99.5 Å². The Kier molecular flexibility index (Phi) is 3.23. The number of aromatic hydroxyl groups is 1. The molecule has 1 aromatic carbocycles. The first-order chi connectivity index (χ1) is 7.58. The van der Waals surface area contributed by atoms with Crippen molar-refractivity contribution < 1.29 is 5.11 Å². The molecule has 4 heteroatoms. The Morgan fingerprint density at radius 1 is 1.12 bits per heavy atom. The number of nitrogens with zero attached hydrogens (tertiary/aromatic N) is 1. The SMILES string of the molecule is Cc1cc(P)c(-c2ccc(O)cn2)c(P)c1. The predicted molar refractivity (Wildman–Crippen MR) is 74.8 cm³/mol. The first kappa shape index (κ1) is 11.5. The van der Waals surface area contributed by atoms with Gasteiger partial charge in [0.25, 0.3) is 0 Å². The summed E-state index contributed by atoms with van der Waals surface area (Å²) < 4.78 is 0. The summed E-state index contributed by atoms with van der Waals surface area (Å²) in [6.07, 6.45) is 1.46. The van der Waals surface area contributed by atoms with E-state index in [4.69, 9.17) is 0 Å². The predicted octanol–water partition coefficient (Wildman–Crippen LogP) is 1.76. The van der Waals surface area contributed by atoms with E-state index in [2.05, 4.69) is 42.5 Å². The van der Waals surface area contributed by atoms with Gasteiger partial charge in [0.05, 0.1) is 11.9 Å². The summed E-state index contributed by atoms with van der Waals surface area (Å²) in [4.78, 5) is 4.22. The van der Waals surface area contributed by atoms with Crippen LogP contribution in [0.4, 0.5) is 0 Å². The van der Waals surface area contributed by atoms with Crippen LogP contribution in [-0.4, -0.2) is 10.1 Å². The van der Waals surface area contributed by atoms with E-state index in [1.54, 1.807) is 6.07 Å². The summed E-state index contributed by atoms with van der Waals surface area (Å²) in [6.45, 7) is 2.06. The lowest BCUT2D eigenvalue weighted by atomic mass is 10.1. The third-order valence-electron chi connectivity index (χ3n) is 2.35. The standard InChI is InChI=1S/C12H13NOP2/c1-7-4-10(15)12(11(16)5-7)9-3-2-8(14)6-13-9/h2-6,14H,15-16H2,1H3. The van der Waals surface area contributed by atoms with Crippen molar-refractivity contribution in [3.05, 3.63) is 36.0 Å². The number of benzene rings is 1. The lowest BCUT2D eigenvalue weighted by Crippen LogP contribution is -2.10. The summed E-state index contributed by atoms with van der Waals surface area (Å²) in [7, 11) is 5.45. The molecule has 2 atom stereocenters. The van der Waals surface area contributed by atoms with Gasteiger partial charge in [-0.25, -0.2) is 0 Å². The van der Waals surface area contributed by atoms with Crippen molar-refractivity contribution in [3.63, 3.8) is 0 Å². The van der Waals surface area contributed by atoms with Crippen LogP contribution >= 0.6 is 18.5 Å². The van der Waals surface area contributed by atoms with Crippen LogP contribution < -0.4 is 10.6 Å². The van der Waals surface area contributed by atoms with Gasteiger partial charge in [0, 0.05) is 5.56 Å². The van der Waals surface area contributed by atoms with E-state index in [0.29, 0.717) is 0 Å². The summed E-state index contributed by atoms with van der Waals surface area (Å²) in [6, 6.07) is 7.67. The fourth-order valence-corrected chi connectivity index (χ4v) is 2.99. The molecular formula is C12H13NOP2. The molecule has 0 radical (unpaired) electrons. The third kappa shape index (κ3) is 2.24. The molecule has 1 N–H and O–H groups in total. The van der Waals surface area contributed by atoms with Gasteiger partial charge in [-0.15, -0.1) is 18.5 Å². The number of aromatic nitrogens is 1. The van der Waals surface area contributed by atoms with E-state index in [-0.39, 0.29) is 5.75 Å². The molecule has 1 heterocycles. The molecule has 0 fully saturated rings. The van der Waals surface area contributed by atoms with Crippen LogP contribution in [0.15, 0.2) is 30.5 Å². The van der Waals surface area contributed by atoms with Crippen molar-refractivity contribution in [2.75, 3.05) is 0 Å². The highest BCUT2D eigenvalue weighted by atomic mass is 31.0. The number of hydrogen-bond donors (Lipinski definition) is 1. The number of hydrogen-bond acceptors (Lipinski definition) is 2. The monoisotopic (exact) mass is 249 g/mol. The van der Waals surface area contributed by atoms with Crippen LogP contribution in [0.25, 0.3) is 11.3 Å². The normalized spacial score (nSPS) is 10.4. The molecule has 0 amide bonds. The third-order valence-corrected chi connectivity index (χ3v) is 3.26. The van der Waals surface area contributed by atoms with Crippen LogP contribution in [0.2, 0.25) is 0 Å². The zero-order valence-corrected chi connectivity index (χ0v) is 11.2. The van der Waals surface area contributed by atoms with E-state index >= 15 is 0 Å². The molecule has 0 aliphatic carbocycles. The van der Waals surface area contributed by atoms with E-state index in [0.717, 1.165) is 21.9 Å². The van der Waals surface area contributed by atoms with E-state index < -0.39 is 0 Å². The zero-order chi connectivity index (χ0) is 11.7. The first-order valence-corrected chi connectivity index (χ1v) is 6.04. The van der Waals surface area contributed by atoms with Crippen molar-refractivity contribution in [1.82, 2.24) is 4.98 Å². The van der Waals surface area contributed by atoms with Crippen molar-refractivity contribution >= 4 is 29.1 Å². The van der Waals surface area contributed by atoms with Gasteiger partial charge in [-0.2, -0.15) is 0 Å². The Hall–Kier alpha value is -0.970. The minimum atomic E-state index is 0.187. The molecule has 0 saturated heterocycles. The van der Waals surface area contributed by atoms with Crippen molar-refractivity contribution in [2.45, 2.75) is 6.92 Å². The van der Waals surface area contributed by atoms with Gasteiger partial charge in [0.15, 0.2) is 0 Å². The average molecular weight is 249 g/mol. The summed E-state index contributed by atoms with van der Waals surface area (Å²) in [5, 5.41) is 11.4. The summed E-state index contributed by atoms with van der Waals surface area (Å²) in [5.41, 5.74) is 3.17. The topological polar surface area (TPSA) is 33.1 Å². The maximum absolute atomic E-state index is 9.21. The number of aryl methyl sites for hydroxylation is 1. The minimum absolute atomic E-state index is 0.187. The van der Waals surface area contributed by atoms with Gasteiger partial charge >= 0.3 is 0 Å². The highest BCUT2D eigenvalue weighted by molar-refractivity contribution is 7.30. The highest BCUT2D eigenvalue weighted by Gasteiger charge is 2.07. The van der Waals surface area contributed by atoms with Gasteiger partial charge in [0.2, 0.25) is 0 Å². The first-order valence-electron chi connectivity index (χ1n) is 4.89. The van der Waals surface area contributed by atoms with Crippen LogP contribution in [0.3, 0.4) is 0 Å². The van der Waals surface area contributed by atoms with Crippen LogP contribution in [0.1, 0.15) is 5.56 Å². The molecule has 1 aromatic heterocycles. The molecule has 2 nitrogen and oxygen atoms in total. The molecule has 0 aliphatic heterocycles. The number of pyridine rings is 1. The van der Waals surface area contributed by atoms with Gasteiger partial charge in [-0.3, -0.25) is 4.98 Å². The van der Waals surface area contributed by atoms with Gasteiger partial charge < -0.3 is 5.11 Å². The average Bonchev–Trinajstić information content (AvgIpc) is 2.19. The maximum atomic E-state index is 9.21. The summed E-state index contributed by atoms with van der Waals surface area (Å²) >= 11 is 0. The van der Waals surface area contributed by atoms with Crippen LogP contribution in [-0.2, 0) is 0 Å². The molecular weight excluding hydrogens is 236 g/mol. The smallest absolute Gasteiger partial charge is 0.133 e. The maximum Gasteiger partial charge on any atom is 0.133 e. The van der Waals surface area contributed by atoms with Crippen molar-refractivity contribution in [2.24, 2.45) is 0 Å². The second-order valence-corrected chi connectivity index (χ2v) is 4.96. The molecule has 2 unspecified atom stereocenters. The Morgan fingerprint density at radius 3 is 2.25 bits per heavy atom. The van der Waals surface area contributed by atoms with E-state index in [1.165, 1.54) is 11.8 Å². The molecule has 16 heavy (non-hydrogen) atoms. The zero-order valence-electron chi connectivity index (χ0n) is 8.94. The second-order valence-electron chi connectivity index (χ2n) is 3.72. The molecule has 0 aliphatic rings. The minimum Gasteiger partial charge on any atom is -0.506 e. The lowest BCUT2D eigenvalue weighted by Gasteiger charge is -2.10.